The number of rotatable bonds is 6. The summed E-state index contributed by atoms with van der Waals surface area (Å²) in [5, 5.41) is 17.9. The monoisotopic (exact) mass is 443 g/mol. The van der Waals surface area contributed by atoms with Gasteiger partial charge in [0.25, 0.3) is 0 Å². The highest BCUT2D eigenvalue weighted by atomic mass is 16.5. The molecule has 0 unspecified atom stereocenters. The van der Waals surface area contributed by atoms with Crippen LogP contribution in [0.5, 0.6) is 0 Å². The third-order valence-electron chi connectivity index (χ3n) is 6.33. The molecule has 0 radical (unpaired) electrons. The standard InChI is InChI=1S/C24H37N5O3/c1-18-8-5-6-9-21(18)14-27(4)15-23-19(2)13-28(20(3)16-30)24(31)10-7-11-29-22(17-32-23)12-25-26-29/h5-6,8-9,12,19-20,23,30H,7,10-11,13-17H2,1-4H3/t19-,20-,23-/m0/s1. The summed E-state index contributed by atoms with van der Waals surface area (Å²) in [6.07, 6.45) is 2.76. The second kappa shape index (κ2) is 11.5. The Morgan fingerprint density at radius 3 is 2.88 bits per heavy atom. The van der Waals surface area contributed by atoms with Crippen LogP contribution in [-0.2, 0) is 29.2 Å². The third kappa shape index (κ3) is 6.37. The minimum absolute atomic E-state index is 0.0512. The van der Waals surface area contributed by atoms with Crippen LogP contribution in [0.3, 0.4) is 0 Å². The molecular formula is C24H37N5O3. The van der Waals surface area contributed by atoms with E-state index in [4.69, 9.17) is 4.74 Å². The van der Waals surface area contributed by atoms with Crippen LogP contribution in [0, 0.1) is 12.8 Å². The minimum atomic E-state index is -0.222. The van der Waals surface area contributed by atoms with Gasteiger partial charge >= 0.3 is 0 Å². The Labute approximate surface area is 191 Å². The Kier molecular flexibility index (Phi) is 8.78. The molecule has 32 heavy (non-hydrogen) atoms. The number of likely N-dealkylation sites (N-methyl/N-ethyl adjacent to an activating group) is 1. The van der Waals surface area contributed by atoms with Crippen molar-refractivity contribution < 1.29 is 14.6 Å². The molecule has 2 heterocycles. The number of aryl methyl sites for hydroxylation is 2. The van der Waals surface area contributed by atoms with Crippen molar-refractivity contribution >= 4 is 5.91 Å². The molecule has 1 aromatic heterocycles. The van der Waals surface area contributed by atoms with Crippen molar-refractivity contribution in [2.75, 3.05) is 26.7 Å². The molecule has 3 rings (SSSR count). The van der Waals surface area contributed by atoms with Crippen LogP contribution < -0.4 is 0 Å². The molecule has 0 saturated heterocycles. The summed E-state index contributed by atoms with van der Waals surface area (Å²) in [5.41, 5.74) is 3.50. The van der Waals surface area contributed by atoms with Crippen LogP contribution in [0.2, 0.25) is 0 Å². The molecule has 1 amide bonds. The van der Waals surface area contributed by atoms with Crippen molar-refractivity contribution in [2.45, 2.75) is 65.5 Å². The van der Waals surface area contributed by atoms with Crippen LogP contribution in [0.25, 0.3) is 0 Å². The number of ether oxygens (including phenoxy) is 1. The number of benzene rings is 1. The predicted octanol–water partition coefficient (Wildman–Crippen LogP) is 2.24. The maximum atomic E-state index is 13.0. The Hall–Kier alpha value is -2.29. The van der Waals surface area contributed by atoms with E-state index in [2.05, 4.69) is 60.4 Å². The van der Waals surface area contributed by atoms with Gasteiger partial charge < -0.3 is 14.7 Å². The number of carbonyl (C=O) groups excluding carboxylic acids is 1. The zero-order valence-corrected chi connectivity index (χ0v) is 19.8. The summed E-state index contributed by atoms with van der Waals surface area (Å²) in [6, 6.07) is 8.19. The number of nitrogens with zero attached hydrogens (tertiary/aromatic N) is 5. The highest BCUT2D eigenvalue weighted by Crippen LogP contribution is 2.19. The van der Waals surface area contributed by atoms with Crippen LogP contribution >= 0.6 is 0 Å². The first-order valence-electron chi connectivity index (χ1n) is 11.5. The van der Waals surface area contributed by atoms with Crippen LogP contribution in [-0.4, -0.2) is 74.7 Å². The Morgan fingerprint density at radius 2 is 2.12 bits per heavy atom. The molecule has 0 saturated carbocycles. The Morgan fingerprint density at radius 1 is 1.34 bits per heavy atom. The summed E-state index contributed by atoms with van der Waals surface area (Å²) in [7, 11) is 2.10. The summed E-state index contributed by atoms with van der Waals surface area (Å²) in [4.78, 5) is 17.0. The zero-order valence-electron chi connectivity index (χ0n) is 19.8. The lowest BCUT2D eigenvalue weighted by atomic mass is 10.0. The molecule has 1 aliphatic heterocycles. The van der Waals surface area contributed by atoms with Gasteiger partial charge in [-0.05, 0) is 38.4 Å². The lowest BCUT2D eigenvalue weighted by Crippen LogP contribution is -2.47. The van der Waals surface area contributed by atoms with Crippen LogP contribution in [0.4, 0.5) is 0 Å². The number of hydrogen-bond donors (Lipinski definition) is 1. The van der Waals surface area contributed by atoms with E-state index in [9.17, 15) is 9.90 Å². The van der Waals surface area contributed by atoms with Gasteiger partial charge in [0.15, 0.2) is 0 Å². The van der Waals surface area contributed by atoms with Gasteiger partial charge in [-0.25, -0.2) is 4.68 Å². The summed E-state index contributed by atoms with van der Waals surface area (Å²) < 4.78 is 8.23. The highest BCUT2D eigenvalue weighted by Gasteiger charge is 2.28. The molecule has 2 aromatic rings. The average molecular weight is 444 g/mol. The first kappa shape index (κ1) is 24.4. The highest BCUT2D eigenvalue weighted by molar-refractivity contribution is 5.76. The van der Waals surface area contributed by atoms with E-state index in [0.717, 1.165) is 18.8 Å². The number of hydrogen-bond acceptors (Lipinski definition) is 6. The number of aliphatic hydroxyl groups is 1. The van der Waals surface area contributed by atoms with E-state index < -0.39 is 0 Å². The molecule has 1 aromatic carbocycles. The quantitative estimate of drug-likeness (QED) is 0.737. The van der Waals surface area contributed by atoms with E-state index in [0.29, 0.717) is 32.5 Å². The summed E-state index contributed by atoms with van der Waals surface area (Å²) in [5.74, 6) is 0.156. The molecule has 1 N–H and O–H groups in total. The van der Waals surface area contributed by atoms with Gasteiger partial charge in [-0.2, -0.15) is 0 Å². The second-order valence-electron chi connectivity index (χ2n) is 9.08. The van der Waals surface area contributed by atoms with Crippen molar-refractivity contribution in [3.8, 4) is 0 Å². The predicted molar refractivity (Wildman–Crippen MR) is 123 cm³/mol. The van der Waals surface area contributed by atoms with Crippen molar-refractivity contribution in [1.82, 2.24) is 24.8 Å². The molecule has 8 nitrogen and oxygen atoms in total. The van der Waals surface area contributed by atoms with Gasteiger partial charge in [-0.1, -0.05) is 36.4 Å². The lowest BCUT2D eigenvalue weighted by Gasteiger charge is -2.35. The fourth-order valence-corrected chi connectivity index (χ4v) is 4.20. The molecule has 176 valence electrons. The molecule has 1 aliphatic rings. The van der Waals surface area contributed by atoms with E-state index in [1.54, 1.807) is 6.20 Å². The fraction of sp³-hybridized carbons (Fsp3) is 0.625. The van der Waals surface area contributed by atoms with Crippen molar-refractivity contribution in [3.63, 3.8) is 0 Å². The Bertz CT molecular complexity index is 871. The topological polar surface area (TPSA) is 83.7 Å². The van der Waals surface area contributed by atoms with Crippen LogP contribution in [0.1, 0.15) is 43.5 Å². The average Bonchev–Trinajstić information content (AvgIpc) is 3.22. The molecule has 8 heteroatoms. The number of aromatic nitrogens is 3. The zero-order chi connectivity index (χ0) is 23.1. The maximum Gasteiger partial charge on any atom is 0.222 e. The van der Waals surface area contributed by atoms with E-state index in [1.807, 2.05) is 16.5 Å². The van der Waals surface area contributed by atoms with E-state index in [-0.39, 0.29) is 30.6 Å². The van der Waals surface area contributed by atoms with E-state index >= 15 is 0 Å². The molecule has 0 aliphatic carbocycles. The number of fused-ring (bicyclic) bond motifs is 1. The summed E-state index contributed by atoms with van der Waals surface area (Å²) >= 11 is 0. The van der Waals surface area contributed by atoms with Gasteiger partial charge in [0.2, 0.25) is 5.91 Å². The van der Waals surface area contributed by atoms with Crippen molar-refractivity contribution in [2.24, 2.45) is 5.92 Å². The second-order valence-corrected chi connectivity index (χ2v) is 9.08. The number of aliphatic hydroxyl groups excluding tert-OH is 1. The van der Waals surface area contributed by atoms with Crippen molar-refractivity contribution in [1.29, 1.82) is 0 Å². The third-order valence-corrected chi connectivity index (χ3v) is 6.33. The van der Waals surface area contributed by atoms with Gasteiger partial charge in [0.1, 0.15) is 0 Å². The molecule has 0 spiro atoms. The van der Waals surface area contributed by atoms with Gasteiger partial charge in [-0.3, -0.25) is 9.69 Å². The molecular weight excluding hydrogens is 406 g/mol. The maximum absolute atomic E-state index is 13.0. The lowest BCUT2D eigenvalue weighted by molar-refractivity contribution is -0.136. The largest absolute Gasteiger partial charge is 0.394 e. The van der Waals surface area contributed by atoms with Gasteiger partial charge in [0, 0.05) is 38.5 Å². The Balaban J connectivity index is 1.78. The van der Waals surface area contributed by atoms with Gasteiger partial charge in [-0.15, -0.1) is 5.10 Å². The first-order valence-corrected chi connectivity index (χ1v) is 11.5. The molecule has 0 fully saturated rings. The molecule has 3 atom stereocenters. The van der Waals surface area contributed by atoms with Crippen molar-refractivity contribution in [3.05, 3.63) is 47.3 Å². The number of carbonyl (C=O) groups is 1. The van der Waals surface area contributed by atoms with E-state index in [1.165, 1.54) is 11.1 Å². The van der Waals surface area contributed by atoms with Crippen LogP contribution in [0.15, 0.2) is 30.5 Å². The number of amides is 1. The van der Waals surface area contributed by atoms with Gasteiger partial charge in [0.05, 0.1) is 37.3 Å². The smallest absolute Gasteiger partial charge is 0.222 e. The fourth-order valence-electron chi connectivity index (χ4n) is 4.20. The molecule has 0 bridgehead atoms. The SMILES string of the molecule is Cc1ccccc1CN(C)C[C@@H]1OCc2cnnn2CCCC(=O)N([C@@H](C)CO)C[C@@H]1C. The minimum Gasteiger partial charge on any atom is -0.394 e. The summed E-state index contributed by atoms with van der Waals surface area (Å²) in [6.45, 7) is 9.27. The first-order chi connectivity index (χ1) is 15.4. The normalized spacial score (nSPS) is 21.7.